The van der Waals surface area contributed by atoms with Crippen molar-refractivity contribution >= 4 is 23.3 Å². The van der Waals surface area contributed by atoms with Gasteiger partial charge in [-0.05, 0) is 70.2 Å². The lowest BCUT2D eigenvalue weighted by molar-refractivity contribution is -0.121. The summed E-state index contributed by atoms with van der Waals surface area (Å²) in [4.78, 5) is 29.1. The summed E-state index contributed by atoms with van der Waals surface area (Å²) in [6.07, 6.45) is 3.85. The van der Waals surface area contributed by atoms with Crippen molar-refractivity contribution in [2.24, 2.45) is 5.92 Å². The van der Waals surface area contributed by atoms with E-state index in [0.717, 1.165) is 56.6 Å². The van der Waals surface area contributed by atoms with E-state index < -0.39 is 0 Å². The quantitative estimate of drug-likeness (QED) is 0.805. The van der Waals surface area contributed by atoms with Crippen molar-refractivity contribution in [1.29, 1.82) is 0 Å². The molecule has 6 nitrogen and oxygen atoms in total. The highest BCUT2D eigenvalue weighted by atomic mass is 16.2. The molecule has 6 heteroatoms. The zero-order valence-corrected chi connectivity index (χ0v) is 16.8. The third kappa shape index (κ3) is 4.93. The average Bonchev–Trinajstić information content (AvgIpc) is 3.49. The molecule has 1 aliphatic carbocycles. The van der Waals surface area contributed by atoms with Gasteiger partial charge in [-0.2, -0.15) is 0 Å². The number of urea groups is 1. The van der Waals surface area contributed by atoms with E-state index in [1.807, 2.05) is 13.0 Å². The van der Waals surface area contributed by atoms with Gasteiger partial charge in [-0.25, -0.2) is 4.79 Å². The molecule has 27 heavy (non-hydrogen) atoms. The number of nitrogens with zero attached hydrogens (tertiary/aromatic N) is 2. The standard InChI is InChI=1S/C21H32N4O2/c1-4-24(5-2)18-10-11-19(15(3)13-18)23-20(26)16-7-6-12-25(14-16)21(27)22-17-8-9-17/h10-11,13,16-17H,4-9,12,14H2,1-3H3,(H,22,27)(H,23,26). The Morgan fingerprint density at radius 3 is 2.56 bits per heavy atom. The van der Waals surface area contributed by atoms with Crippen LogP contribution in [-0.2, 0) is 4.79 Å². The van der Waals surface area contributed by atoms with Gasteiger partial charge in [0.05, 0.1) is 5.92 Å². The first-order valence-electron chi connectivity index (χ1n) is 10.2. The van der Waals surface area contributed by atoms with Crippen LogP contribution in [0, 0.1) is 12.8 Å². The lowest BCUT2D eigenvalue weighted by Crippen LogP contribution is -2.48. The minimum absolute atomic E-state index is 0.0117. The van der Waals surface area contributed by atoms with Gasteiger partial charge in [0, 0.05) is 43.6 Å². The highest BCUT2D eigenvalue weighted by Crippen LogP contribution is 2.25. The molecule has 3 rings (SSSR count). The SMILES string of the molecule is CCN(CC)c1ccc(NC(=O)C2CCCN(C(=O)NC3CC3)C2)c(C)c1. The Bertz CT molecular complexity index is 683. The van der Waals surface area contributed by atoms with Gasteiger partial charge in [-0.3, -0.25) is 4.79 Å². The van der Waals surface area contributed by atoms with Gasteiger partial charge in [0.2, 0.25) is 5.91 Å². The van der Waals surface area contributed by atoms with Gasteiger partial charge in [0.15, 0.2) is 0 Å². The van der Waals surface area contributed by atoms with E-state index in [4.69, 9.17) is 0 Å². The predicted octanol–water partition coefficient (Wildman–Crippen LogP) is 3.36. The number of amides is 3. The fourth-order valence-electron chi connectivity index (χ4n) is 3.68. The fourth-order valence-corrected chi connectivity index (χ4v) is 3.68. The first-order valence-corrected chi connectivity index (χ1v) is 10.2. The summed E-state index contributed by atoms with van der Waals surface area (Å²) >= 11 is 0. The second kappa shape index (κ2) is 8.63. The normalized spacial score (nSPS) is 19.5. The van der Waals surface area contributed by atoms with Gasteiger partial charge in [0.1, 0.15) is 0 Å². The second-order valence-corrected chi connectivity index (χ2v) is 7.67. The van der Waals surface area contributed by atoms with Gasteiger partial charge in [-0.1, -0.05) is 0 Å². The largest absolute Gasteiger partial charge is 0.372 e. The highest BCUT2D eigenvalue weighted by molar-refractivity contribution is 5.94. The Balaban J connectivity index is 1.59. The molecule has 3 amide bonds. The van der Waals surface area contributed by atoms with E-state index in [0.29, 0.717) is 12.6 Å². The molecule has 0 radical (unpaired) electrons. The molecule has 1 aromatic carbocycles. The first kappa shape index (κ1) is 19.5. The Labute approximate surface area is 162 Å². The minimum atomic E-state index is -0.148. The van der Waals surface area contributed by atoms with Crippen molar-refractivity contribution < 1.29 is 9.59 Å². The maximum Gasteiger partial charge on any atom is 0.317 e. The van der Waals surface area contributed by atoms with Crippen molar-refractivity contribution in [2.75, 3.05) is 36.4 Å². The van der Waals surface area contributed by atoms with E-state index in [1.54, 1.807) is 4.90 Å². The molecule has 1 unspecified atom stereocenters. The third-order valence-electron chi connectivity index (χ3n) is 5.58. The number of nitrogens with one attached hydrogen (secondary N) is 2. The Kier molecular flexibility index (Phi) is 6.24. The lowest BCUT2D eigenvalue weighted by atomic mass is 9.97. The number of rotatable bonds is 6. The third-order valence-corrected chi connectivity index (χ3v) is 5.58. The predicted molar refractivity (Wildman–Crippen MR) is 109 cm³/mol. The number of carbonyl (C=O) groups is 2. The van der Waals surface area contributed by atoms with Gasteiger partial charge in [0.25, 0.3) is 0 Å². The first-order chi connectivity index (χ1) is 13.0. The van der Waals surface area contributed by atoms with Crippen molar-refractivity contribution in [1.82, 2.24) is 10.2 Å². The molecule has 2 aliphatic rings. The number of benzene rings is 1. The Morgan fingerprint density at radius 2 is 1.93 bits per heavy atom. The minimum Gasteiger partial charge on any atom is -0.372 e. The monoisotopic (exact) mass is 372 g/mol. The maximum atomic E-state index is 12.8. The number of carbonyl (C=O) groups excluding carboxylic acids is 2. The molecule has 1 heterocycles. The van der Waals surface area contributed by atoms with Crippen molar-refractivity contribution in [3.05, 3.63) is 23.8 Å². The molecule has 1 saturated heterocycles. The van der Waals surface area contributed by atoms with Crippen LogP contribution in [0.5, 0.6) is 0 Å². The molecule has 0 spiro atoms. The van der Waals surface area contributed by atoms with Crippen LogP contribution in [0.25, 0.3) is 0 Å². The Morgan fingerprint density at radius 1 is 1.19 bits per heavy atom. The summed E-state index contributed by atoms with van der Waals surface area (Å²) < 4.78 is 0. The smallest absolute Gasteiger partial charge is 0.317 e. The zero-order chi connectivity index (χ0) is 19.4. The zero-order valence-electron chi connectivity index (χ0n) is 16.8. The number of likely N-dealkylation sites (tertiary alicyclic amines) is 1. The number of anilines is 2. The summed E-state index contributed by atoms with van der Waals surface area (Å²) in [6, 6.07) is 6.50. The molecule has 0 bridgehead atoms. The van der Waals surface area contributed by atoms with Gasteiger partial charge < -0.3 is 20.4 Å². The molecule has 2 N–H and O–H groups in total. The van der Waals surface area contributed by atoms with Gasteiger partial charge >= 0.3 is 6.03 Å². The van der Waals surface area contributed by atoms with E-state index in [2.05, 4.69) is 41.5 Å². The van der Waals surface area contributed by atoms with Crippen molar-refractivity contribution in [2.45, 2.75) is 52.5 Å². The van der Waals surface area contributed by atoms with E-state index >= 15 is 0 Å². The highest BCUT2D eigenvalue weighted by Gasteiger charge is 2.31. The topological polar surface area (TPSA) is 64.7 Å². The van der Waals surface area contributed by atoms with Crippen LogP contribution in [-0.4, -0.2) is 49.1 Å². The van der Waals surface area contributed by atoms with E-state index in [1.165, 1.54) is 5.69 Å². The molecule has 148 valence electrons. The average molecular weight is 373 g/mol. The summed E-state index contributed by atoms with van der Waals surface area (Å²) in [5.41, 5.74) is 3.10. The van der Waals surface area contributed by atoms with E-state index in [-0.39, 0.29) is 17.9 Å². The number of aryl methyl sites for hydroxylation is 1. The molecule has 1 aliphatic heterocycles. The number of hydrogen-bond donors (Lipinski definition) is 2. The lowest BCUT2D eigenvalue weighted by Gasteiger charge is -2.32. The van der Waals surface area contributed by atoms with Crippen LogP contribution in [0.15, 0.2) is 18.2 Å². The van der Waals surface area contributed by atoms with E-state index in [9.17, 15) is 9.59 Å². The summed E-state index contributed by atoms with van der Waals surface area (Å²) in [6.45, 7) is 9.47. The second-order valence-electron chi connectivity index (χ2n) is 7.67. The van der Waals surface area contributed by atoms with Crippen LogP contribution in [0.1, 0.15) is 45.1 Å². The molecule has 2 fully saturated rings. The summed E-state index contributed by atoms with van der Waals surface area (Å²) in [5.74, 6) is -0.136. The van der Waals surface area contributed by atoms with Crippen LogP contribution in [0.4, 0.5) is 16.2 Å². The van der Waals surface area contributed by atoms with Crippen molar-refractivity contribution in [3.8, 4) is 0 Å². The van der Waals surface area contributed by atoms with Crippen LogP contribution in [0.2, 0.25) is 0 Å². The summed E-state index contributed by atoms with van der Waals surface area (Å²) in [5, 5.41) is 6.10. The van der Waals surface area contributed by atoms with Crippen LogP contribution >= 0.6 is 0 Å². The fraction of sp³-hybridized carbons (Fsp3) is 0.619. The van der Waals surface area contributed by atoms with Crippen molar-refractivity contribution in [3.63, 3.8) is 0 Å². The molecular formula is C21H32N4O2. The maximum absolute atomic E-state index is 12.8. The van der Waals surface area contributed by atoms with Gasteiger partial charge in [-0.15, -0.1) is 0 Å². The molecular weight excluding hydrogens is 340 g/mol. The molecule has 1 aromatic rings. The van der Waals surface area contributed by atoms with Crippen LogP contribution in [0.3, 0.4) is 0 Å². The van der Waals surface area contributed by atoms with Crippen LogP contribution < -0.4 is 15.5 Å². The molecule has 1 atom stereocenters. The Hall–Kier alpha value is -2.24. The summed E-state index contributed by atoms with van der Waals surface area (Å²) in [7, 11) is 0. The number of hydrogen-bond acceptors (Lipinski definition) is 3. The number of piperidine rings is 1. The molecule has 0 aromatic heterocycles. The molecule has 1 saturated carbocycles.